The van der Waals surface area contributed by atoms with E-state index in [1.807, 2.05) is 0 Å². The van der Waals surface area contributed by atoms with Crippen molar-refractivity contribution in [1.29, 1.82) is 0 Å². The molecular formula is C13H16N4O3. The summed E-state index contributed by atoms with van der Waals surface area (Å²) >= 11 is 0. The van der Waals surface area contributed by atoms with Crippen LogP contribution in [-0.4, -0.2) is 29.5 Å². The number of hydrogen-bond donors (Lipinski definition) is 3. The molecule has 0 atom stereocenters. The zero-order valence-electron chi connectivity index (χ0n) is 10.9. The molecule has 0 unspecified atom stereocenters. The molecule has 5 N–H and O–H groups in total. The average molecular weight is 276 g/mol. The molecule has 1 fully saturated rings. The highest BCUT2D eigenvalue weighted by Crippen LogP contribution is 2.32. The summed E-state index contributed by atoms with van der Waals surface area (Å²) in [7, 11) is 0. The summed E-state index contributed by atoms with van der Waals surface area (Å²) in [5.74, 6) is -1.27. The van der Waals surface area contributed by atoms with Gasteiger partial charge in [0, 0.05) is 13.0 Å². The van der Waals surface area contributed by atoms with Crippen molar-refractivity contribution >= 4 is 29.2 Å². The molecule has 20 heavy (non-hydrogen) atoms. The first kappa shape index (κ1) is 13.9. The Balaban J connectivity index is 2.48. The maximum Gasteiger partial charge on any atom is 0.335 e. The maximum atomic E-state index is 12.0. The zero-order valence-corrected chi connectivity index (χ0v) is 10.9. The molecular weight excluding hydrogens is 260 g/mol. The highest BCUT2D eigenvalue weighted by molar-refractivity contribution is 5.99. The highest BCUT2D eigenvalue weighted by Gasteiger charge is 2.22. The molecule has 2 rings (SSSR count). The van der Waals surface area contributed by atoms with Crippen LogP contribution in [0.1, 0.15) is 29.6 Å². The van der Waals surface area contributed by atoms with E-state index in [9.17, 15) is 9.59 Å². The Morgan fingerprint density at radius 2 is 2.05 bits per heavy atom. The number of rotatable bonds is 3. The van der Waals surface area contributed by atoms with Crippen LogP contribution in [0.4, 0.5) is 11.4 Å². The zero-order chi connectivity index (χ0) is 14.7. The third-order valence-corrected chi connectivity index (χ3v) is 3.09. The Morgan fingerprint density at radius 3 is 2.65 bits per heavy atom. The second-order valence-electron chi connectivity index (χ2n) is 4.55. The van der Waals surface area contributed by atoms with Crippen molar-refractivity contribution in [2.75, 3.05) is 11.4 Å². The number of aliphatic imine (C=N–C) groups is 1. The monoisotopic (exact) mass is 276 g/mol. The molecule has 1 aliphatic rings. The fraction of sp³-hybridized carbons (Fsp3) is 0.308. The van der Waals surface area contributed by atoms with Gasteiger partial charge in [-0.05, 0) is 31.0 Å². The van der Waals surface area contributed by atoms with Crippen molar-refractivity contribution in [2.24, 2.45) is 16.5 Å². The van der Waals surface area contributed by atoms with Crippen molar-refractivity contribution in [2.45, 2.75) is 19.3 Å². The summed E-state index contributed by atoms with van der Waals surface area (Å²) in [5.41, 5.74) is 11.6. The average Bonchev–Trinajstić information content (AvgIpc) is 2.39. The summed E-state index contributed by atoms with van der Waals surface area (Å²) in [6, 6.07) is 4.36. The molecule has 7 nitrogen and oxygen atoms in total. The molecule has 1 amide bonds. The van der Waals surface area contributed by atoms with Gasteiger partial charge in [0.1, 0.15) is 0 Å². The van der Waals surface area contributed by atoms with E-state index in [-0.39, 0.29) is 17.4 Å². The van der Waals surface area contributed by atoms with Gasteiger partial charge in [-0.15, -0.1) is 0 Å². The number of anilines is 1. The number of carbonyl (C=O) groups is 2. The number of benzene rings is 1. The van der Waals surface area contributed by atoms with Crippen LogP contribution in [-0.2, 0) is 4.79 Å². The van der Waals surface area contributed by atoms with E-state index in [0.29, 0.717) is 24.3 Å². The Kier molecular flexibility index (Phi) is 3.88. The topological polar surface area (TPSA) is 122 Å². The van der Waals surface area contributed by atoms with E-state index in [1.165, 1.54) is 12.1 Å². The smallest absolute Gasteiger partial charge is 0.335 e. The Morgan fingerprint density at radius 1 is 1.30 bits per heavy atom. The van der Waals surface area contributed by atoms with Crippen LogP contribution in [0.25, 0.3) is 0 Å². The lowest BCUT2D eigenvalue weighted by Gasteiger charge is -2.27. The minimum absolute atomic E-state index is 0.00799. The van der Waals surface area contributed by atoms with Crippen LogP contribution >= 0.6 is 0 Å². The minimum Gasteiger partial charge on any atom is -0.478 e. The van der Waals surface area contributed by atoms with Crippen LogP contribution in [0.2, 0.25) is 0 Å². The summed E-state index contributed by atoms with van der Waals surface area (Å²) in [6.45, 7) is 0.582. The molecule has 1 saturated heterocycles. The van der Waals surface area contributed by atoms with Crippen LogP contribution in [0.5, 0.6) is 0 Å². The molecule has 1 aromatic carbocycles. The van der Waals surface area contributed by atoms with E-state index in [4.69, 9.17) is 16.6 Å². The quantitative estimate of drug-likeness (QED) is 0.557. The van der Waals surface area contributed by atoms with Crippen molar-refractivity contribution in [3.63, 3.8) is 0 Å². The number of piperidine rings is 1. The van der Waals surface area contributed by atoms with Crippen molar-refractivity contribution < 1.29 is 14.7 Å². The van der Waals surface area contributed by atoms with Gasteiger partial charge in [0.15, 0.2) is 5.96 Å². The fourth-order valence-corrected chi connectivity index (χ4v) is 2.17. The van der Waals surface area contributed by atoms with Gasteiger partial charge in [0.2, 0.25) is 5.91 Å². The van der Waals surface area contributed by atoms with Gasteiger partial charge >= 0.3 is 5.97 Å². The second kappa shape index (κ2) is 5.60. The predicted molar refractivity (Wildman–Crippen MR) is 75.1 cm³/mol. The molecule has 0 aromatic heterocycles. The Labute approximate surface area is 115 Å². The predicted octanol–water partition coefficient (Wildman–Crippen LogP) is 0.807. The van der Waals surface area contributed by atoms with Gasteiger partial charge in [-0.1, -0.05) is 0 Å². The first-order valence-electron chi connectivity index (χ1n) is 6.26. The van der Waals surface area contributed by atoms with Crippen molar-refractivity contribution in [3.05, 3.63) is 23.8 Å². The van der Waals surface area contributed by atoms with Crippen LogP contribution in [0.15, 0.2) is 23.2 Å². The summed E-state index contributed by atoms with van der Waals surface area (Å²) in [4.78, 5) is 28.5. The molecule has 0 spiro atoms. The molecule has 0 saturated carbocycles. The first-order valence-corrected chi connectivity index (χ1v) is 6.26. The lowest BCUT2D eigenvalue weighted by Crippen LogP contribution is -2.35. The van der Waals surface area contributed by atoms with Crippen LogP contribution in [0.3, 0.4) is 0 Å². The molecule has 0 bridgehead atoms. The number of nitrogens with zero attached hydrogens (tertiary/aromatic N) is 2. The summed E-state index contributed by atoms with van der Waals surface area (Å²) in [5, 5.41) is 9.01. The van der Waals surface area contributed by atoms with Gasteiger partial charge in [0.05, 0.1) is 16.9 Å². The third-order valence-electron chi connectivity index (χ3n) is 3.09. The minimum atomic E-state index is -1.08. The lowest BCUT2D eigenvalue weighted by atomic mass is 10.1. The maximum absolute atomic E-state index is 12.0. The highest BCUT2D eigenvalue weighted by atomic mass is 16.4. The number of amides is 1. The number of hydrogen-bond acceptors (Lipinski definition) is 3. The van der Waals surface area contributed by atoms with Crippen LogP contribution in [0, 0.1) is 0 Å². The lowest BCUT2D eigenvalue weighted by molar-refractivity contribution is -0.119. The number of carboxylic acid groups (broad SMARTS) is 1. The Hall–Kier alpha value is -2.57. The van der Waals surface area contributed by atoms with E-state index >= 15 is 0 Å². The van der Waals surface area contributed by atoms with E-state index in [2.05, 4.69) is 4.99 Å². The molecule has 1 heterocycles. The molecule has 1 aliphatic heterocycles. The van der Waals surface area contributed by atoms with Gasteiger partial charge < -0.3 is 21.5 Å². The number of carbonyl (C=O) groups excluding carboxylic acids is 1. The van der Waals surface area contributed by atoms with Gasteiger partial charge in [-0.25, -0.2) is 9.79 Å². The first-order chi connectivity index (χ1) is 9.49. The Bertz CT molecular complexity index is 579. The largest absolute Gasteiger partial charge is 0.478 e. The third kappa shape index (κ3) is 2.87. The molecule has 106 valence electrons. The SMILES string of the molecule is NC(N)=Nc1cc(C(=O)O)ccc1N1CCCCC1=O. The summed E-state index contributed by atoms with van der Waals surface area (Å²) in [6.07, 6.45) is 2.23. The second-order valence-corrected chi connectivity index (χ2v) is 4.55. The molecule has 0 aliphatic carbocycles. The van der Waals surface area contributed by atoms with Gasteiger partial charge in [-0.2, -0.15) is 0 Å². The molecule has 1 aromatic rings. The van der Waals surface area contributed by atoms with Crippen LogP contribution < -0.4 is 16.4 Å². The number of carboxylic acids is 1. The van der Waals surface area contributed by atoms with Gasteiger partial charge in [-0.3, -0.25) is 4.79 Å². The normalized spacial score (nSPS) is 15.0. The number of aromatic carboxylic acids is 1. The summed E-state index contributed by atoms with van der Waals surface area (Å²) < 4.78 is 0. The van der Waals surface area contributed by atoms with Crippen molar-refractivity contribution in [1.82, 2.24) is 0 Å². The van der Waals surface area contributed by atoms with E-state index in [0.717, 1.165) is 12.8 Å². The molecule has 7 heteroatoms. The standard InChI is InChI=1S/C13H16N4O3/c14-13(15)16-9-7-8(12(19)20)4-5-10(9)17-6-2-1-3-11(17)18/h4-5,7H,1-3,6H2,(H,19,20)(H4,14,15,16). The molecule has 0 radical (unpaired) electrons. The van der Waals surface area contributed by atoms with E-state index in [1.54, 1.807) is 11.0 Å². The van der Waals surface area contributed by atoms with Crippen molar-refractivity contribution in [3.8, 4) is 0 Å². The fourth-order valence-electron chi connectivity index (χ4n) is 2.17. The number of guanidine groups is 1. The number of nitrogens with two attached hydrogens (primary N) is 2. The van der Waals surface area contributed by atoms with Gasteiger partial charge in [0.25, 0.3) is 0 Å². The van der Waals surface area contributed by atoms with E-state index < -0.39 is 5.97 Å².